The van der Waals surface area contributed by atoms with E-state index in [0.717, 1.165) is 30.2 Å². The summed E-state index contributed by atoms with van der Waals surface area (Å²) in [4.78, 5) is 33.5. The lowest BCUT2D eigenvalue weighted by Crippen LogP contribution is -2.37. The maximum atomic E-state index is 13.3. The second-order valence-corrected chi connectivity index (χ2v) is 8.16. The van der Waals surface area contributed by atoms with Crippen molar-refractivity contribution in [2.45, 2.75) is 38.0 Å². The third-order valence-electron chi connectivity index (χ3n) is 5.92. The highest BCUT2D eigenvalue weighted by molar-refractivity contribution is 5.85. The minimum Gasteiger partial charge on any atom is -0.383 e. The Morgan fingerprint density at radius 2 is 1.94 bits per heavy atom. The van der Waals surface area contributed by atoms with Crippen molar-refractivity contribution in [1.29, 1.82) is 0 Å². The van der Waals surface area contributed by atoms with E-state index in [-0.39, 0.29) is 55.4 Å². The fourth-order valence-electron chi connectivity index (χ4n) is 4.49. The first-order valence-corrected chi connectivity index (χ1v) is 10.8. The molecule has 3 heterocycles. The number of amides is 2. The highest BCUT2D eigenvalue weighted by Gasteiger charge is 2.46. The summed E-state index contributed by atoms with van der Waals surface area (Å²) in [5, 5.41) is 8.15. The number of benzene rings is 1. The molecule has 1 saturated heterocycles. The van der Waals surface area contributed by atoms with Crippen LogP contribution in [0.3, 0.4) is 0 Å². The number of alkyl halides is 3. The lowest BCUT2D eigenvalue weighted by molar-refractivity contribution is -0.137. The lowest BCUT2D eigenvalue weighted by Gasteiger charge is -2.22. The number of anilines is 3. The van der Waals surface area contributed by atoms with Crippen LogP contribution in [0.25, 0.3) is 0 Å². The van der Waals surface area contributed by atoms with E-state index in [1.165, 1.54) is 14.0 Å². The van der Waals surface area contributed by atoms with E-state index in [2.05, 4.69) is 25.9 Å². The molecule has 0 aliphatic carbocycles. The molecule has 34 heavy (non-hydrogen) atoms. The zero-order valence-corrected chi connectivity index (χ0v) is 18.7. The number of ether oxygens (including phenoxy) is 1. The monoisotopic (exact) mass is 478 g/mol. The zero-order valence-electron chi connectivity index (χ0n) is 18.7. The normalized spacial score (nSPS) is 18.6. The summed E-state index contributed by atoms with van der Waals surface area (Å²) >= 11 is 0. The number of nitrogens with zero attached hydrogens (tertiary/aromatic N) is 3. The molecule has 1 aromatic heterocycles. The van der Waals surface area contributed by atoms with Crippen LogP contribution in [0, 0.1) is 0 Å². The molecule has 3 N–H and O–H groups in total. The van der Waals surface area contributed by atoms with Crippen LogP contribution < -0.4 is 16.0 Å². The number of carbonyl (C=O) groups is 2. The third kappa shape index (κ3) is 4.76. The number of carbonyl (C=O) groups excluding carboxylic acids is 2. The van der Waals surface area contributed by atoms with Gasteiger partial charge in [0.05, 0.1) is 25.2 Å². The summed E-state index contributed by atoms with van der Waals surface area (Å²) in [6, 6.07) is 5.41. The first-order chi connectivity index (χ1) is 16.2. The molecule has 2 aliphatic rings. The van der Waals surface area contributed by atoms with E-state index < -0.39 is 11.7 Å². The van der Waals surface area contributed by atoms with E-state index in [9.17, 15) is 22.8 Å². The quantitative estimate of drug-likeness (QED) is 0.500. The Bertz CT molecular complexity index is 1090. The van der Waals surface area contributed by atoms with Gasteiger partial charge in [-0.15, -0.1) is 0 Å². The molecule has 2 atom stereocenters. The fraction of sp³-hybridized carbons (Fsp3) is 0.455. The predicted molar refractivity (Wildman–Crippen MR) is 117 cm³/mol. The van der Waals surface area contributed by atoms with Gasteiger partial charge < -0.3 is 25.6 Å². The molecule has 0 unspecified atom stereocenters. The molecule has 2 amide bonds. The molecule has 1 fully saturated rings. The van der Waals surface area contributed by atoms with Crippen molar-refractivity contribution in [1.82, 2.24) is 20.2 Å². The second kappa shape index (κ2) is 9.45. The van der Waals surface area contributed by atoms with Gasteiger partial charge in [0.15, 0.2) is 0 Å². The molecule has 2 bridgehead atoms. The Hall–Kier alpha value is -3.41. The number of nitrogens with one attached hydrogen (secondary N) is 3. The van der Waals surface area contributed by atoms with E-state index in [4.69, 9.17) is 4.74 Å². The number of methoxy groups -OCH3 is 1. The molecule has 0 radical (unpaired) electrons. The molecular formula is C22H25F3N6O3. The first kappa shape index (κ1) is 23.7. The molecular weight excluding hydrogens is 453 g/mol. The molecule has 182 valence electrons. The van der Waals surface area contributed by atoms with Crippen LogP contribution in [0.2, 0.25) is 0 Å². The van der Waals surface area contributed by atoms with Crippen LogP contribution in [-0.4, -0.2) is 53.5 Å². The van der Waals surface area contributed by atoms with Crippen LogP contribution in [0.5, 0.6) is 0 Å². The Balaban J connectivity index is 1.53. The average molecular weight is 478 g/mol. The molecule has 0 spiro atoms. The summed E-state index contributed by atoms with van der Waals surface area (Å²) in [7, 11) is 1.45. The Morgan fingerprint density at radius 3 is 2.62 bits per heavy atom. The third-order valence-corrected chi connectivity index (χ3v) is 5.92. The number of hydrogen-bond acceptors (Lipinski definition) is 7. The maximum absolute atomic E-state index is 13.3. The van der Waals surface area contributed by atoms with E-state index >= 15 is 0 Å². The van der Waals surface area contributed by atoms with Gasteiger partial charge in [-0.2, -0.15) is 18.2 Å². The Morgan fingerprint density at radius 1 is 1.21 bits per heavy atom. The van der Waals surface area contributed by atoms with Gasteiger partial charge in [-0.3, -0.25) is 9.59 Å². The zero-order chi connectivity index (χ0) is 24.5. The van der Waals surface area contributed by atoms with Crippen LogP contribution in [0.4, 0.5) is 30.6 Å². The predicted octanol–water partition coefficient (Wildman–Crippen LogP) is 3.15. The minimum absolute atomic E-state index is 0.00890. The van der Waals surface area contributed by atoms with Crippen LogP contribution in [0.1, 0.15) is 48.5 Å². The highest BCUT2D eigenvalue weighted by Crippen LogP contribution is 2.53. The molecule has 0 saturated carbocycles. The number of halogens is 3. The minimum atomic E-state index is -4.60. The van der Waals surface area contributed by atoms with Gasteiger partial charge in [0, 0.05) is 32.5 Å². The van der Waals surface area contributed by atoms with Gasteiger partial charge in [0.1, 0.15) is 11.4 Å². The smallest absolute Gasteiger partial charge is 0.383 e. The maximum Gasteiger partial charge on any atom is 0.421 e. The Labute approximate surface area is 194 Å². The van der Waals surface area contributed by atoms with E-state index in [1.807, 2.05) is 12.1 Å². The van der Waals surface area contributed by atoms with Crippen LogP contribution in [-0.2, 0) is 20.5 Å². The fourth-order valence-corrected chi connectivity index (χ4v) is 4.49. The summed E-state index contributed by atoms with van der Waals surface area (Å²) in [6.45, 7) is 1.68. The standard InChI is InChI=1S/C22H25F3N6O3/c1-12(32)27-11-19(33)31-17-5-6-18(31)15-9-13(3-4-14(15)17)29-21-28-10-16(22(23,24)25)20(30-21)26-7-8-34-2/h3-4,9-10,17-18H,5-8,11H2,1-2H3,(H,27,32)(H2,26,28,29,30)/t17-,18+/m1/s1. The van der Waals surface area contributed by atoms with E-state index in [1.54, 1.807) is 11.0 Å². The molecule has 4 rings (SSSR count). The summed E-state index contributed by atoms with van der Waals surface area (Å²) in [5.41, 5.74) is 1.65. The van der Waals surface area contributed by atoms with Crippen molar-refractivity contribution in [2.24, 2.45) is 0 Å². The average Bonchev–Trinajstić information content (AvgIpc) is 3.34. The molecule has 2 aliphatic heterocycles. The van der Waals surface area contributed by atoms with Gasteiger partial charge in [-0.1, -0.05) is 6.07 Å². The molecule has 12 heteroatoms. The summed E-state index contributed by atoms with van der Waals surface area (Å²) in [6.07, 6.45) is -2.22. The van der Waals surface area contributed by atoms with Crippen molar-refractivity contribution >= 4 is 29.3 Å². The van der Waals surface area contributed by atoms with Crippen molar-refractivity contribution in [3.63, 3.8) is 0 Å². The van der Waals surface area contributed by atoms with Gasteiger partial charge in [0.25, 0.3) is 0 Å². The molecule has 1 aromatic carbocycles. The van der Waals surface area contributed by atoms with Gasteiger partial charge >= 0.3 is 6.18 Å². The van der Waals surface area contributed by atoms with Gasteiger partial charge in [0.2, 0.25) is 17.8 Å². The van der Waals surface area contributed by atoms with Crippen LogP contribution >= 0.6 is 0 Å². The number of aromatic nitrogens is 2. The number of hydrogen-bond donors (Lipinski definition) is 3. The van der Waals surface area contributed by atoms with Crippen molar-refractivity contribution in [2.75, 3.05) is 37.4 Å². The summed E-state index contributed by atoms with van der Waals surface area (Å²) in [5.74, 6) is -0.741. The molecule has 9 nitrogen and oxygen atoms in total. The number of fused-ring (bicyclic) bond motifs is 5. The van der Waals surface area contributed by atoms with Gasteiger partial charge in [-0.25, -0.2) is 4.98 Å². The Kier molecular flexibility index (Phi) is 6.60. The number of rotatable bonds is 8. The largest absolute Gasteiger partial charge is 0.421 e. The van der Waals surface area contributed by atoms with Crippen molar-refractivity contribution in [3.8, 4) is 0 Å². The first-order valence-electron chi connectivity index (χ1n) is 10.8. The molecule has 2 aromatic rings. The lowest BCUT2D eigenvalue weighted by atomic mass is 9.91. The SMILES string of the molecule is COCCNc1nc(Nc2ccc3c(c2)[C@@H]2CC[C@H]3N2C(=O)CNC(C)=O)ncc1C(F)(F)F. The van der Waals surface area contributed by atoms with Crippen LogP contribution in [0.15, 0.2) is 24.4 Å². The topological polar surface area (TPSA) is 108 Å². The second-order valence-electron chi connectivity index (χ2n) is 8.16. The highest BCUT2D eigenvalue weighted by atomic mass is 19.4. The van der Waals surface area contributed by atoms with E-state index in [0.29, 0.717) is 5.69 Å². The summed E-state index contributed by atoms with van der Waals surface area (Å²) < 4.78 is 44.9. The van der Waals surface area contributed by atoms with Crippen molar-refractivity contribution < 1.29 is 27.5 Å². The van der Waals surface area contributed by atoms with Gasteiger partial charge in [-0.05, 0) is 36.1 Å². The van der Waals surface area contributed by atoms with Crippen molar-refractivity contribution in [3.05, 3.63) is 41.1 Å².